The van der Waals surface area contributed by atoms with Gasteiger partial charge in [-0.3, -0.25) is 4.79 Å². The zero-order chi connectivity index (χ0) is 14.3. The summed E-state index contributed by atoms with van der Waals surface area (Å²) in [6.07, 6.45) is -0.0205. The first-order chi connectivity index (χ1) is 9.08. The van der Waals surface area contributed by atoms with Gasteiger partial charge < -0.3 is 15.2 Å². The van der Waals surface area contributed by atoms with Crippen LogP contribution in [-0.2, 0) is 9.53 Å². The lowest BCUT2D eigenvalue weighted by atomic mass is 10.1. The van der Waals surface area contributed by atoms with Crippen LogP contribution in [0.1, 0.15) is 24.5 Å². The molecule has 0 bridgehead atoms. The number of benzene rings is 1. The maximum Gasteiger partial charge on any atom is 0.253 e. The fraction of sp³-hybridized carbons (Fsp3) is 0.400. The Morgan fingerprint density at radius 2 is 2.26 bits per heavy atom. The van der Waals surface area contributed by atoms with Crippen molar-refractivity contribution in [1.29, 1.82) is 0 Å². The molecule has 4 nitrogen and oxygen atoms in total. The molecule has 1 aromatic rings. The monoisotopic (exact) mass is 261 g/mol. The lowest BCUT2D eigenvalue weighted by Crippen LogP contribution is -2.26. The Morgan fingerprint density at radius 3 is 2.84 bits per heavy atom. The van der Waals surface area contributed by atoms with E-state index < -0.39 is 6.10 Å². The van der Waals surface area contributed by atoms with Gasteiger partial charge in [0.25, 0.3) is 5.91 Å². The van der Waals surface area contributed by atoms with Crippen LogP contribution in [0.4, 0.5) is 5.69 Å². The van der Waals surface area contributed by atoms with Gasteiger partial charge in [0.2, 0.25) is 0 Å². The molecule has 1 atom stereocenters. The van der Waals surface area contributed by atoms with Crippen LogP contribution >= 0.6 is 0 Å². The van der Waals surface area contributed by atoms with Crippen molar-refractivity contribution in [2.45, 2.75) is 26.4 Å². The van der Waals surface area contributed by atoms with E-state index in [0.717, 1.165) is 16.8 Å². The Morgan fingerprint density at radius 1 is 1.53 bits per heavy atom. The lowest BCUT2D eigenvalue weighted by Gasteiger charge is -2.11. The highest BCUT2D eigenvalue weighted by Gasteiger charge is 2.11. The first-order valence-electron chi connectivity index (χ1n) is 6.12. The molecule has 0 aliphatic carbocycles. The molecule has 0 fully saturated rings. The maximum atomic E-state index is 11.7. The highest BCUT2D eigenvalue weighted by molar-refractivity contribution is 5.94. The lowest BCUT2D eigenvalue weighted by molar-refractivity contribution is -0.124. The van der Waals surface area contributed by atoms with Crippen LogP contribution in [0, 0.1) is 18.8 Å². The Bertz CT molecular complexity index is 500. The fourth-order valence-corrected chi connectivity index (χ4v) is 1.45. The number of ether oxygens (including phenoxy) is 1. The molecule has 0 saturated heterocycles. The molecule has 0 aromatic heterocycles. The van der Waals surface area contributed by atoms with E-state index in [2.05, 4.69) is 17.2 Å². The predicted molar refractivity (Wildman–Crippen MR) is 74.9 cm³/mol. The number of carbonyl (C=O) groups excluding carboxylic acids is 1. The third-order valence-electron chi connectivity index (χ3n) is 2.68. The zero-order valence-corrected chi connectivity index (χ0v) is 11.5. The van der Waals surface area contributed by atoms with E-state index in [9.17, 15) is 4.79 Å². The highest BCUT2D eigenvalue weighted by Crippen LogP contribution is 2.15. The molecule has 0 heterocycles. The van der Waals surface area contributed by atoms with E-state index in [1.165, 1.54) is 7.11 Å². The Labute approximate surface area is 113 Å². The molecule has 19 heavy (non-hydrogen) atoms. The molecule has 4 heteroatoms. The van der Waals surface area contributed by atoms with Crippen LogP contribution in [0.15, 0.2) is 18.2 Å². The van der Waals surface area contributed by atoms with Crippen LogP contribution in [0.5, 0.6) is 0 Å². The second-order valence-corrected chi connectivity index (χ2v) is 4.17. The van der Waals surface area contributed by atoms with Crippen molar-refractivity contribution >= 4 is 11.6 Å². The van der Waals surface area contributed by atoms with Gasteiger partial charge in [0, 0.05) is 24.8 Å². The van der Waals surface area contributed by atoms with E-state index in [1.54, 1.807) is 13.0 Å². The molecule has 1 amide bonds. The minimum atomic E-state index is -0.482. The summed E-state index contributed by atoms with van der Waals surface area (Å²) >= 11 is 0. The fourth-order valence-electron chi connectivity index (χ4n) is 1.45. The van der Waals surface area contributed by atoms with E-state index in [-0.39, 0.29) is 12.5 Å². The smallest absolute Gasteiger partial charge is 0.253 e. The summed E-state index contributed by atoms with van der Waals surface area (Å²) in [7, 11) is 1.50. The third-order valence-corrected chi connectivity index (χ3v) is 2.68. The van der Waals surface area contributed by atoms with Gasteiger partial charge in [-0.05, 0) is 37.6 Å². The average Bonchev–Trinajstić information content (AvgIpc) is 2.40. The first-order valence-corrected chi connectivity index (χ1v) is 6.12. The van der Waals surface area contributed by atoms with Gasteiger partial charge in [0.15, 0.2) is 0 Å². The van der Waals surface area contributed by atoms with Gasteiger partial charge >= 0.3 is 0 Å². The van der Waals surface area contributed by atoms with E-state index in [4.69, 9.17) is 9.84 Å². The van der Waals surface area contributed by atoms with Crippen molar-refractivity contribution in [2.75, 3.05) is 19.0 Å². The number of nitrogens with one attached hydrogen (secondary N) is 1. The van der Waals surface area contributed by atoms with E-state index in [1.807, 2.05) is 19.1 Å². The Hall–Kier alpha value is -1.83. The quantitative estimate of drug-likeness (QED) is 0.811. The van der Waals surface area contributed by atoms with E-state index >= 15 is 0 Å². The Kier molecular flexibility index (Phi) is 6.07. The van der Waals surface area contributed by atoms with Crippen molar-refractivity contribution < 1.29 is 14.6 Å². The summed E-state index contributed by atoms with van der Waals surface area (Å²) in [6.45, 7) is 3.68. The maximum absolute atomic E-state index is 11.7. The molecule has 0 radical (unpaired) electrons. The molecule has 102 valence electrons. The van der Waals surface area contributed by atoms with Crippen molar-refractivity contribution in [3.05, 3.63) is 29.3 Å². The number of amides is 1. The normalized spacial score (nSPS) is 11.4. The Balaban J connectivity index is 2.78. The van der Waals surface area contributed by atoms with Crippen LogP contribution in [0.25, 0.3) is 0 Å². The number of carbonyl (C=O) groups is 1. The number of methoxy groups -OCH3 is 1. The second kappa shape index (κ2) is 7.57. The molecule has 0 saturated carbocycles. The van der Waals surface area contributed by atoms with E-state index in [0.29, 0.717) is 6.42 Å². The summed E-state index contributed by atoms with van der Waals surface area (Å²) in [6, 6.07) is 5.52. The number of hydrogen-bond acceptors (Lipinski definition) is 3. The second-order valence-electron chi connectivity index (χ2n) is 4.17. The number of aliphatic hydroxyl groups excluding tert-OH is 1. The number of aryl methyl sites for hydroxylation is 1. The van der Waals surface area contributed by atoms with Crippen molar-refractivity contribution in [3.63, 3.8) is 0 Å². The summed E-state index contributed by atoms with van der Waals surface area (Å²) < 4.78 is 4.95. The van der Waals surface area contributed by atoms with Crippen LogP contribution in [-0.4, -0.2) is 30.8 Å². The molecule has 0 aliphatic heterocycles. The predicted octanol–water partition coefficient (Wildman–Crippen LogP) is 1.70. The summed E-state index contributed by atoms with van der Waals surface area (Å²) in [5, 5.41) is 11.4. The molecule has 0 spiro atoms. The number of anilines is 1. The van der Waals surface area contributed by atoms with Crippen LogP contribution in [0.2, 0.25) is 0 Å². The standard InChI is InChI=1S/C15H19NO3/c1-11-10-14(16-15(18)12(2)19-3)8-7-13(11)6-4-5-9-17/h7-8,10,12,17H,5,9H2,1-3H3,(H,16,18). The molecule has 2 N–H and O–H groups in total. The van der Waals surface area contributed by atoms with Gasteiger partial charge in [0.1, 0.15) is 6.10 Å². The minimum Gasteiger partial charge on any atom is -0.395 e. The van der Waals surface area contributed by atoms with Gasteiger partial charge in [-0.2, -0.15) is 0 Å². The molecule has 1 aromatic carbocycles. The third kappa shape index (κ3) is 4.74. The van der Waals surface area contributed by atoms with Crippen LogP contribution in [0.3, 0.4) is 0 Å². The SMILES string of the molecule is COC(C)C(=O)Nc1ccc(C#CCCO)c(C)c1. The number of hydrogen-bond donors (Lipinski definition) is 2. The molecule has 0 aliphatic rings. The highest BCUT2D eigenvalue weighted by atomic mass is 16.5. The van der Waals surface area contributed by atoms with Gasteiger partial charge in [-0.15, -0.1) is 0 Å². The average molecular weight is 261 g/mol. The topological polar surface area (TPSA) is 58.6 Å². The summed E-state index contributed by atoms with van der Waals surface area (Å²) in [5.74, 6) is 5.67. The minimum absolute atomic E-state index is 0.0646. The van der Waals surface area contributed by atoms with Gasteiger partial charge in [-0.1, -0.05) is 11.8 Å². The largest absolute Gasteiger partial charge is 0.395 e. The van der Waals surface area contributed by atoms with Crippen LogP contribution < -0.4 is 5.32 Å². The number of rotatable bonds is 4. The van der Waals surface area contributed by atoms with Crippen molar-refractivity contribution in [1.82, 2.24) is 0 Å². The summed E-state index contributed by atoms with van der Waals surface area (Å²) in [5.41, 5.74) is 2.60. The van der Waals surface area contributed by atoms with Gasteiger partial charge in [0.05, 0.1) is 6.61 Å². The molecule has 1 unspecified atom stereocenters. The zero-order valence-electron chi connectivity index (χ0n) is 11.5. The van der Waals surface area contributed by atoms with Gasteiger partial charge in [-0.25, -0.2) is 0 Å². The first kappa shape index (κ1) is 15.2. The summed E-state index contributed by atoms with van der Waals surface area (Å²) in [4.78, 5) is 11.7. The number of aliphatic hydroxyl groups is 1. The van der Waals surface area contributed by atoms with Crippen molar-refractivity contribution in [3.8, 4) is 11.8 Å². The van der Waals surface area contributed by atoms with Crippen molar-refractivity contribution in [2.24, 2.45) is 0 Å². The molecular weight excluding hydrogens is 242 g/mol. The molecular formula is C15H19NO3. The molecule has 1 rings (SSSR count).